The normalized spacial score (nSPS) is 14.5. The molecule has 2 aromatic carbocycles. The molecule has 3 aromatic rings. The topological polar surface area (TPSA) is 25.2 Å². The van der Waals surface area contributed by atoms with Gasteiger partial charge in [0.15, 0.2) is 0 Å². The highest BCUT2D eigenvalue weighted by Crippen LogP contribution is 2.38. The fraction of sp³-hybridized carbons (Fsp3) is 0.433. The van der Waals surface area contributed by atoms with Gasteiger partial charge in [-0.2, -0.15) is 0 Å². The van der Waals surface area contributed by atoms with E-state index < -0.39 is 5.92 Å². The molecule has 0 bridgehead atoms. The average molecular weight is 550 g/mol. The number of aldehydes is 1. The molecule has 1 aliphatic rings. The van der Waals surface area contributed by atoms with Crippen LogP contribution in [0.4, 0.5) is 8.78 Å². The Morgan fingerprint density at radius 3 is 2.38 bits per heavy atom. The standard InChI is InChI=1S/C28H30Cl2F2N2O.C2H6/c1-17-13-21(28(4,31)32)14-23-18(2)15-34(27(17)23)16-24-25(29)6-5-22(26(24)30)19(3)33-10-7-20(8-11-33)9-12-35;1-2/h5-6,12-15,20H,3,7-11,16H2,1-2,4H3;1-2H3. The van der Waals surface area contributed by atoms with Gasteiger partial charge >= 0.3 is 0 Å². The van der Waals surface area contributed by atoms with Gasteiger partial charge in [-0.05, 0) is 68.0 Å². The number of benzene rings is 2. The number of aryl methyl sites for hydroxylation is 2. The average Bonchev–Trinajstić information content (AvgIpc) is 3.18. The molecule has 1 saturated heterocycles. The van der Waals surface area contributed by atoms with E-state index >= 15 is 0 Å². The number of aromatic nitrogens is 1. The molecule has 1 aromatic heterocycles. The summed E-state index contributed by atoms with van der Waals surface area (Å²) in [7, 11) is 0. The lowest BCUT2D eigenvalue weighted by Gasteiger charge is -2.34. The Morgan fingerprint density at radius 1 is 1.14 bits per heavy atom. The van der Waals surface area contributed by atoms with Crippen molar-refractivity contribution in [2.24, 2.45) is 5.92 Å². The molecule has 4 rings (SSSR count). The summed E-state index contributed by atoms with van der Waals surface area (Å²) in [5, 5.41) is 1.89. The summed E-state index contributed by atoms with van der Waals surface area (Å²) in [4.78, 5) is 13.1. The van der Waals surface area contributed by atoms with E-state index in [1.54, 1.807) is 12.1 Å². The first-order chi connectivity index (χ1) is 17.5. The Kier molecular flexibility index (Phi) is 9.47. The molecule has 3 nitrogen and oxygen atoms in total. The van der Waals surface area contributed by atoms with E-state index in [2.05, 4.69) is 11.5 Å². The van der Waals surface area contributed by atoms with Gasteiger partial charge in [-0.1, -0.05) is 43.6 Å². The van der Waals surface area contributed by atoms with Crippen LogP contribution in [-0.4, -0.2) is 28.8 Å². The third kappa shape index (κ3) is 6.21. The van der Waals surface area contributed by atoms with Crippen LogP contribution in [0.2, 0.25) is 10.0 Å². The minimum absolute atomic E-state index is 0.00891. The molecular formula is C30H36Cl2F2N2O. The Morgan fingerprint density at radius 2 is 1.78 bits per heavy atom. The number of alkyl halides is 2. The summed E-state index contributed by atoms with van der Waals surface area (Å²) < 4.78 is 30.1. The molecule has 0 saturated carbocycles. The van der Waals surface area contributed by atoms with Gasteiger partial charge < -0.3 is 14.3 Å². The number of halogens is 4. The van der Waals surface area contributed by atoms with E-state index in [1.807, 2.05) is 50.6 Å². The van der Waals surface area contributed by atoms with E-state index in [4.69, 9.17) is 23.2 Å². The number of hydrogen-bond donors (Lipinski definition) is 0. The van der Waals surface area contributed by atoms with Crippen LogP contribution in [0.3, 0.4) is 0 Å². The van der Waals surface area contributed by atoms with E-state index in [0.717, 1.165) is 78.0 Å². The molecule has 7 heteroatoms. The van der Waals surface area contributed by atoms with Crippen molar-refractivity contribution in [3.05, 3.63) is 74.9 Å². The highest BCUT2D eigenvalue weighted by atomic mass is 35.5. The molecule has 0 unspecified atom stereocenters. The molecule has 1 fully saturated rings. The number of rotatable bonds is 7. The smallest absolute Gasteiger partial charge is 0.270 e. The van der Waals surface area contributed by atoms with Crippen LogP contribution in [0.1, 0.15) is 67.9 Å². The summed E-state index contributed by atoms with van der Waals surface area (Å²) in [5.74, 6) is -2.48. The van der Waals surface area contributed by atoms with E-state index in [0.29, 0.717) is 28.9 Å². The molecule has 37 heavy (non-hydrogen) atoms. The van der Waals surface area contributed by atoms with Gasteiger partial charge in [-0.15, -0.1) is 0 Å². The molecule has 0 spiro atoms. The Hall–Kier alpha value is -2.37. The highest BCUT2D eigenvalue weighted by Gasteiger charge is 2.27. The quantitative estimate of drug-likeness (QED) is 0.275. The highest BCUT2D eigenvalue weighted by molar-refractivity contribution is 6.37. The van der Waals surface area contributed by atoms with Crippen LogP contribution >= 0.6 is 23.2 Å². The van der Waals surface area contributed by atoms with Crippen molar-refractivity contribution in [2.45, 2.75) is 66.3 Å². The summed E-state index contributed by atoms with van der Waals surface area (Å²) in [6.45, 7) is 15.1. The number of piperidine rings is 1. The van der Waals surface area contributed by atoms with Crippen molar-refractivity contribution < 1.29 is 13.6 Å². The predicted molar refractivity (Wildman–Crippen MR) is 152 cm³/mol. The minimum Gasteiger partial charge on any atom is -0.371 e. The number of fused-ring (bicyclic) bond motifs is 1. The molecule has 0 N–H and O–H groups in total. The zero-order chi connectivity index (χ0) is 27.5. The Balaban J connectivity index is 0.00000186. The van der Waals surface area contributed by atoms with Gasteiger partial charge in [0.2, 0.25) is 0 Å². The van der Waals surface area contributed by atoms with Gasteiger partial charge in [0, 0.05) is 65.4 Å². The lowest BCUT2D eigenvalue weighted by Crippen LogP contribution is -2.32. The van der Waals surface area contributed by atoms with Crippen LogP contribution < -0.4 is 0 Å². The van der Waals surface area contributed by atoms with Crippen LogP contribution in [0.15, 0.2) is 37.0 Å². The van der Waals surface area contributed by atoms with Crippen molar-refractivity contribution in [1.82, 2.24) is 9.47 Å². The number of nitrogens with zero attached hydrogens (tertiary/aromatic N) is 2. The van der Waals surface area contributed by atoms with Gasteiger partial charge in [0.05, 0.1) is 17.1 Å². The molecule has 2 heterocycles. The third-order valence-corrected chi connectivity index (χ3v) is 7.91. The maximum atomic E-state index is 14.0. The SMILES string of the molecule is C=C(c1ccc(Cl)c(Cn2cc(C)c3cc(C(C)(F)F)cc(C)c32)c1Cl)N1CCC(CC=O)CC1.CC. The van der Waals surface area contributed by atoms with Gasteiger partial charge in [-0.3, -0.25) is 0 Å². The maximum absolute atomic E-state index is 14.0. The summed E-state index contributed by atoms with van der Waals surface area (Å²) in [6.07, 6.45) is 5.46. The second-order valence-electron chi connectivity index (χ2n) is 9.68. The fourth-order valence-electron chi connectivity index (χ4n) is 5.09. The van der Waals surface area contributed by atoms with Crippen LogP contribution in [0.25, 0.3) is 16.6 Å². The second-order valence-corrected chi connectivity index (χ2v) is 10.5. The lowest BCUT2D eigenvalue weighted by atomic mass is 9.93. The van der Waals surface area contributed by atoms with E-state index in [-0.39, 0.29) is 5.56 Å². The summed E-state index contributed by atoms with van der Waals surface area (Å²) in [6, 6.07) is 6.86. The van der Waals surface area contributed by atoms with Gasteiger partial charge in [0.25, 0.3) is 5.92 Å². The van der Waals surface area contributed by atoms with Crippen LogP contribution in [0, 0.1) is 19.8 Å². The van der Waals surface area contributed by atoms with E-state index in [9.17, 15) is 13.6 Å². The van der Waals surface area contributed by atoms with Crippen molar-refractivity contribution in [2.75, 3.05) is 13.1 Å². The molecule has 0 amide bonds. The third-order valence-electron chi connectivity index (χ3n) is 7.12. The zero-order valence-corrected chi connectivity index (χ0v) is 23.8. The predicted octanol–water partition coefficient (Wildman–Crippen LogP) is 9.02. The molecule has 0 radical (unpaired) electrons. The molecule has 1 aliphatic heterocycles. The number of carbonyl (C=O) groups excluding carboxylic acids is 1. The largest absolute Gasteiger partial charge is 0.371 e. The van der Waals surface area contributed by atoms with Gasteiger partial charge in [0.1, 0.15) is 6.29 Å². The van der Waals surface area contributed by atoms with Crippen LogP contribution in [-0.2, 0) is 17.3 Å². The van der Waals surface area contributed by atoms with Crippen molar-refractivity contribution in [1.29, 1.82) is 0 Å². The monoisotopic (exact) mass is 548 g/mol. The lowest BCUT2D eigenvalue weighted by molar-refractivity contribution is -0.108. The van der Waals surface area contributed by atoms with Crippen LogP contribution in [0.5, 0.6) is 0 Å². The number of hydrogen-bond acceptors (Lipinski definition) is 2. The Bertz CT molecular complexity index is 1290. The first-order valence-corrected chi connectivity index (χ1v) is 13.6. The Labute approximate surface area is 229 Å². The molecule has 0 aliphatic carbocycles. The second kappa shape index (κ2) is 12.0. The first kappa shape index (κ1) is 29.2. The van der Waals surface area contributed by atoms with Gasteiger partial charge in [-0.25, -0.2) is 8.78 Å². The summed E-state index contributed by atoms with van der Waals surface area (Å²) >= 11 is 13.5. The molecular weight excluding hydrogens is 513 g/mol. The summed E-state index contributed by atoms with van der Waals surface area (Å²) in [5.41, 5.74) is 5.04. The maximum Gasteiger partial charge on any atom is 0.270 e. The van der Waals surface area contributed by atoms with Crippen molar-refractivity contribution in [3.63, 3.8) is 0 Å². The van der Waals surface area contributed by atoms with E-state index in [1.165, 1.54) is 0 Å². The minimum atomic E-state index is -2.91. The zero-order valence-electron chi connectivity index (χ0n) is 22.3. The van der Waals surface area contributed by atoms with Crippen molar-refractivity contribution in [3.8, 4) is 0 Å². The fourth-order valence-corrected chi connectivity index (χ4v) is 5.69. The molecule has 200 valence electrons. The number of carbonyl (C=O) groups is 1. The molecule has 0 atom stereocenters. The van der Waals surface area contributed by atoms with Crippen molar-refractivity contribution >= 4 is 46.1 Å². The first-order valence-electron chi connectivity index (χ1n) is 12.8. The number of likely N-dealkylation sites (tertiary alicyclic amines) is 1.